The molecule has 11 heteroatoms. The van der Waals surface area contributed by atoms with Crippen molar-refractivity contribution in [1.29, 1.82) is 0 Å². The molecule has 1 aromatic carbocycles. The fraction of sp³-hybridized carbons (Fsp3) is 0.684. The second-order valence-electron chi connectivity index (χ2n) is 7.30. The van der Waals surface area contributed by atoms with Gasteiger partial charge in [0.25, 0.3) is 0 Å². The van der Waals surface area contributed by atoms with Crippen LogP contribution < -0.4 is 0 Å². The van der Waals surface area contributed by atoms with Crippen LogP contribution in [0.25, 0.3) is 0 Å². The number of hydrogen-bond acceptors (Lipinski definition) is 11. The Labute approximate surface area is 172 Å². The van der Waals surface area contributed by atoms with Crippen molar-refractivity contribution in [1.82, 2.24) is 0 Å². The molecule has 7 N–H and O–H groups in total. The van der Waals surface area contributed by atoms with Crippen LogP contribution in [-0.2, 0) is 25.6 Å². The van der Waals surface area contributed by atoms with E-state index in [2.05, 4.69) is 0 Å². The topological polar surface area (TPSA) is 179 Å². The summed E-state index contributed by atoms with van der Waals surface area (Å²) in [6, 6.07) is 9.05. The smallest absolute Gasteiger partial charge is 0.187 e. The van der Waals surface area contributed by atoms with Crippen LogP contribution in [0, 0.1) is 0 Å². The molecule has 0 spiro atoms. The fourth-order valence-corrected chi connectivity index (χ4v) is 3.44. The zero-order valence-corrected chi connectivity index (χ0v) is 16.0. The summed E-state index contributed by atoms with van der Waals surface area (Å²) in [7, 11) is 0. The van der Waals surface area contributed by atoms with E-state index in [9.17, 15) is 35.7 Å². The molecule has 0 radical (unpaired) electrons. The summed E-state index contributed by atoms with van der Waals surface area (Å²) in [5, 5.41) is 69.8. The van der Waals surface area contributed by atoms with Crippen LogP contribution in [-0.4, -0.2) is 110 Å². The minimum Gasteiger partial charge on any atom is -0.394 e. The molecule has 11 nitrogen and oxygen atoms in total. The summed E-state index contributed by atoms with van der Waals surface area (Å²) in [5.41, 5.74) is 0.798. The first-order valence-corrected chi connectivity index (χ1v) is 9.61. The molecular formula is C19H28O11. The second kappa shape index (κ2) is 10.4. The number of ether oxygens (including phenoxy) is 4. The Balaban J connectivity index is 1.71. The molecule has 0 bridgehead atoms. The molecule has 3 rings (SSSR count). The summed E-state index contributed by atoms with van der Waals surface area (Å²) >= 11 is 0. The summed E-state index contributed by atoms with van der Waals surface area (Å²) in [6.07, 6.45) is -14.7. The van der Waals surface area contributed by atoms with Gasteiger partial charge in [0, 0.05) is 0 Å². The third-order valence-corrected chi connectivity index (χ3v) is 5.22. The fourth-order valence-electron chi connectivity index (χ4n) is 3.44. The Kier molecular flexibility index (Phi) is 8.12. The quantitative estimate of drug-likeness (QED) is 0.231. The Bertz CT molecular complexity index is 645. The van der Waals surface area contributed by atoms with Crippen LogP contribution >= 0.6 is 0 Å². The van der Waals surface area contributed by atoms with E-state index in [1.54, 1.807) is 12.1 Å². The minimum atomic E-state index is -1.72. The molecule has 0 saturated carbocycles. The molecule has 2 fully saturated rings. The molecule has 0 aliphatic carbocycles. The van der Waals surface area contributed by atoms with E-state index in [4.69, 9.17) is 18.9 Å². The van der Waals surface area contributed by atoms with Gasteiger partial charge in [-0.15, -0.1) is 0 Å². The van der Waals surface area contributed by atoms with E-state index in [-0.39, 0.29) is 6.61 Å². The van der Waals surface area contributed by atoms with Gasteiger partial charge in [0.05, 0.1) is 19.8 Å². The van der Waals surface area contributed by atoms with Gasteiger partial charge in [-0.1, -0.05) is 30.3 Å². The summed E-state index contributed by atoms with van der Waals surface area (Å²) in [6.45, 7) is -1.19. The van der Waals surface area contributed by atoms with Crippen LogP contribution in [0.4, 0.5) is 0 Å². The zero-order valence-electron chi connectivity index (χ0n) is 16.0. The first-order chi connectivity index (χ1) is 14.4. The first-order valence-electron chi connectivity index (χ1n) is 9.61. The third-order valence-electron chi connectivity index (χ3n) is 5.22. The number of benzene rings is 1. The van der Waals surface area contributed by atoms with Crippen LogP contribution in [0.15, 0.2) is 30.3 Å². The van der Waals surface area contributed by atoms with E-state index in [1.807, 2.05) is 18.2 Å². The van der Waals surface area contributed by atoms with Crippen LogP contribution in [0.5, 0.6) is 0 Å². The lowest BCUT2D eigenvalue weighted by molar-refractivity contribution is -0.361. The van der Waals surface area contributed by atoms with Gasteiger partial charge >= 0.3 is 0 Å². The largest absolute Gasteiger partial charge is 0.394 e. The second-order valence-corrected chi connectivity index (χ2v) is 7.30. The monoisotopic (exact) mass is 432 g/mol. The standard InChI is InChI=1S/C19H28O11/c20-6-10-12(22)14(24)15(25)19(29-10)30-17-13(23)11(7-21)28-18(16(17)26)27-8-9-4-2-1-3-5-9/h1-5,10-26H,6-8H2/t10-,11-,12-,13-,14+,15-,16-,17+,18-,19+/m1/s1. The molecule has 0 amide bonds. The van der Waals surface area contributed by atoms with Gasteiger partial charge in [-0.3, -0.25) is 0 Å². The van der Waals surface area contributed by atoms with Crippen LogP contribution in [0.1, 0.15) is 5.56 Å². The molecule has 1 aromatic rings. The first kappa shape index (κ1) is 23.4. The molecule has 10 atom stereocenters. The average molecular weight is 432 g/mol. The lowest BCUT2D eigenvalue weighted by Gasteiger charge is -2.45. The van der Waals surface area contributed by atoms with Gasteiger partial charge in [0.1, 0.15) is 48.8 Å². The van der Waals surface area contributed by atoms with Gasteiger partial charge < -0.3 is 54.7 Å². The third kappa shape index (κ3) is 4.98. The van der Waals surface area contributed by atoms with Crippen molar-refractivity contribution in [3.05, 3.63) is 35.9 Å². The van der Waals surface area contributed by atoms with Crippen molar-refractivity contribution in [2.45, 2.75) is 68.0 Å². The van der Waals surface area contributed by atoms with Gasteiger partial charge in [-0.2, -0.15) is 0 Å². The lowest BCUT2D eigenvalue weighted by Crippen LogP contribution is -2.64. The van der Waals surface area contributed by atoms with Crippen molar-refractivity contribution >= 4 is 0 Å². The Hall–Kier alpha value is -1.22. The molecule has 170 valence electrons. The van der Waals surface area contributed by atoms with Crippen molar-refractivity contribution in [3.63, 3.8) is 0 Å². The molecular weight excluding hydrogens is 404 g/mol. The minimum absolute atomic E-state index is 0.0730. The van der Waals surface area contributed by atoms with Crippen LogP contribution in [0.3, 0.4) is 0 Å². The van der Waals surface area contributed by atoms with Gasteiger partial charge in [0.2, 0.25) is 0 Å². The Morgan fingerprint density at radius 3 is 1.93 bits per heavy atom. The Morgan fingerprint density at radius 2 is 1.30 bits per heavy atom. The highest BCUT2D eigenvalue weighted by Gasteiger charge is 2.50. The SMILES string of the molecule is OC[C@H]1O[C@@H](O[C@@H]2[C@@H](O)[C@H](OCc3ccccc3)O[C@H](CO)[C@H]2O)[C@H](O)[C@@H](O)[C@@H]1O. The van der Waals surface area contributed by atoms with Crippen molar-refractivity contribution in [2.75, 3.05) is 13.2 Å². The molecule has 2 aliphatic heterocycles. The predicted octanol–water partition coefficient (Wildman–Crippen LogP) is -3.17. The van der Waals surface area contributed by atoms with Crippen molar-refractivity contribution in [2.24, 2.45) is 0 Å². The maximum absolute atomic E-state index is 10.6. The summed E-state index contributed by atoms with van der Waals surface area (Å²) < 4.78 is 21.8. The van der Waals surface area contributed by atoms with E-state index >= 15 is 0 Å². The zero-order chi connectivity index (χ0) is 21.8. The van der Waals surface area contributed by atoms with Crippen LogP contribution in [0.2, 0.25) is 0 Å². The Morgan fingerprint density at radius 1 is 0.700 bits per heavy atom. The highest BCUT2D eigenvalue weighted by molar-refractivity contribution is 5.13. The highest BCUT2D eigenvalue weighted by Crippen LogP contribution is 2.29. The molecule has 0 unspecified atom stereocenters. The van der Waals surface area contributed by atoms with Crippen molar-refractivity contribution in [3.8, 4) is 0 Å². The average Bonchev–Trinajstić information content (AvgIpc) is 2.76. The molecule has 30 heavy (non-hydrogen) atoms. The number of aliphatic hydroxyl groups excluding tert-OH is 7. The highest BCUT2D eigenvalue weighted by atomic mass is 16.7. The molecule has 2 aliphatic rings. The normalized spacial score (nSPS) is 42.2. The predicted molar refractivity (Wildman–Crippen MR) is 97.6 cm³/mol. The van der Waals surface area contributed by atoms with E-state index in [0.29, 0.717) is 0 Å². The lowest BCUT2D eigenvalue weighted by atomic mass is 9.97. The van der Waals surface area contributed by atoms with E-state index in [0.717, 1.165) is 5.56 Å². The number of hydrogen-bond donors (Lipinski definition) is 7. The summed E-state index contributed by atoms with van der Waals surface area (Å²) in [5.74, 6) is 0. The van der Waals surface area contributed by atoms with Crippen molar-refractivity contribution < 1.29 is 54.7 Å². The molecule has 2 heterocycles. The van der Waals surface area contributed by atoms with E-state index < -0.39 is 74.6 Å². The molecule has 2 saturated heterocycles. The summed E-state index contributed by atoms with van der Waals surface area (Å²) in [4.78, 5) is 0. The number of aliphatic hydroxyl groups is 7. The van der Waals surface area contributed by atoms with Gasteiger partial charge in [-0.25, -0.2) is 0 Å². The maximum Gasteiger partial charge on any atom is 0.187 e. The van der Waals surface area contributed by atoms with E-state index in [1.165, 1.54) is 0 Å². The van der Waals surface area contributed by atoms with Gasteiger partial charge in [0.15, 0.2) is 12.6 Å². The number of rotatable bonds is 7. The molecule has 0 aromatic heterocycles. The van der Waals surface area contributed by atoms with Gasteiger partial charge in [-0.05, 0) is 5.56 Å². The maximum atomic E-state index is 10.6.